The van der Waals surface area contributed by atoms with Gasteiger partial charge in [-0.1, -0.05) is 12.1 Å². The van der Waals surface area contributed by atoms with Crippen molar-refractivity contribution in [2.45, 2.75) is 20.4 Å². The van der Waals surface area contributed by atoms with Crippen molar-refractivity contribution in [3.05, 3.63) is 53.6 Å². The lowest BCUT2D eigenvalue weighted by Gasteiger charge is -2.19. The van der Waals surface area contributed by atoms with E-state index in [0.717, 1.165) is 48.2 Å². The highest BCUT2D eigenvalue weighted by molar-refractivity contribution is 5.89. The molecule has 3 aromatic rings. The van der Waals surface area contributed by atoms with Crippen LogP contribution in [0.2, 0.25) is 0 Å². The fourth-order valence-electron chi connectivity index (χ4n) is 2.99. The molecule has 1 aliphatic heterocycles. The molecule has 2 aromatic heterocycles. The SMILES string of the molecule is Cc1ccc2c(C)nc(NC3=[NH+]C[NH+](Cc4ccco4)CN3)nc2c1. The first-order valence-electron chi connectivity index (χ1n) is 8.40. The van der Waals surface area contributed by atoms with Gasteiger partial charge in [0.25, 0.3) is 5.95 Å². The Morgan fingerprint density at radius 3 is 2.96 bits per heavy atom. The summed E-state index contributed by atoms with van der Waals surface area (Å²) in [6, 6.07) is 10.2. The molecule has 0 spiro atoms. The number of hydrogen-bond acceptors (Lipinski definition) is 5. The van der Waals surface area contributed by atoms with Gasteiger partial charge in [-0.05, 0) is 37.6 Å². The molecule has 0 bridgehead atoms. The quantitative estimate of drug-likeness (QED) is 0.507. The van der Waals surface area contributed by atoms with E-state index in [-0.39, 0.29) is 0 Å². The number of furan rings is 1. The van der Waals surface area contributed by atoms with E-state index in [4.69, 9.17) is 4.42 Å². The number of aromatic nitrogens is 2. The van der Waals surface area contributed by atoms with Crippen molar-refractivity contribution in [3.63, 3.8) is 0 Å². The van der Waals surface area contributed by atoms with Crippen molar-refractivity contribution < 1.29 is 14.3 Å². The molecule has 1 aromatic carbocycles. The summed E-state index contributed by atoms with van der Waals surface area (Å²) in [5.41, 5.74) is 3.11. The number of rotatable bonds is 3. The van der Waals surface area contributed by atoms with Gasteiger partial charge in [-0.25, -0.2) is 20.6 Å². The second-order valence-corrected chi connectivity index (χ2v) is 6.37. The Kier molecular flexibility index (Phi) is 4.07. The van der Waals surface area contributed by atoms with Gasteiger partial charge < -0.3 is 4.42 Å². The van der Waals surface area contributed by atoms with E-state index in [9.17, 15) is 0 Å². The van der Waals surface area contributed by atoms with Crippen LogP contribution < -0.4 is 20.5 Å². The molecule has 0 fully saturated rings. The predicted octanol–water partition coefficient (Wildman–Crippen LogP) is -0.709. The highest BCUT2D eigenvalue weighted by Gasteiger charge is 2.22. The first-order chi connectivity index (χ1) is 12.2. The van der Waals surface area contributed by atoms with E-state index in [1.54, 1.807) is 6.26 Å². The van der Waals surface area contributed by atoms with Gasteiger partial charge in [-0.2, -0.15) is 4.98 Å². The first-order valence-corrected chi connectivity index (χ1v) is 8.40. The summed E-state index contributed by atoms with van der Waals surface area (Å²) >= 11 is 0. The number of fused-ring (bicyclic) bond motifs is 1. The smallest absolute Gasteiger partial charge is 0.359 e. The Morgan fingerprint density at radius 2 is 2.20 bits per heavy atom. The standard InChI is InChI=1S/C18H20N6O/c1-12-5-6-15-13(2)21-18(22-16(15)8-12)23-17-19-10-24(11-20-17)9-14-4-3-7-25-14/h3-8H,9-11H2,1-2H3,(H2,19,20,21,22,23)/p+2. The van der Waals surface area contributed by atoms with Gasteiger partial charge in [-0.3, -0.25) is 4.90 Å². The molecular weight excluding hydrogens is 316 g/mol. The number of quaternary nitrogens is 1. The van der Waals surface area contributed by atoms with E-state index < -0.39 is 0 Å². The zero-order valence-electron chi connectivity index (χ0n) is 14.4. The summed E-state index contributed by atoms with van der Waals surface area (Å²) in [6.45, 7) is 6.50. The number of aryl methyl sites for hydroxylation is 2. The van der Waals surface area contributed by atoms with E-state index in [2.05, 4.69) is 50.7 Å². The number of anilines is 1. The maximum atomic E-state index is 5.40. The molecule has 0 saturated heterocycles. The third-order valence-electron chi connectivity index (χ3n) is 4.31. The van der Waals surface area contributed by atoms with Gasteiger partial charge in [0.1, 0.15) is 6.54 Å². The van der Waals surface area contributed by atoms with Gasteiger partial charge in [0.2, 0.25) is 0 Å². The molecule has 4 N–H and O–H groups in total. The maximum absolute atomic E-state index is 5.40. The van der Waals surface area contributed by atoms with Crippen LogP contribution in [-0.2, 0) is 6.54 Å². The normalized spacial score (nSPS) is 17.2. The zero-order chi connectivity index (χ0) is 17.2. The topological polar surface area (TPSA) is 81.4 Å². The van der Waals surface area contributed by atoms with E-state index in [1.807, 2.05) is 19.1 Å². The molecule has 7 nitrogen and oxygen atoms in total. The van der Waals surface area contributed by atoms with Crippen molar-refractivity contribution >= 4 is 22.8 Å². The summed E-state index contributed by atoms with van der Waals surface area (Å²) in [5, 5.41) is 7.68. The summed E-state index contributed by atoms with van der Waals surface area (Å²) in [4.78, 5) is 13.9. The van der Waals surface area contributed by atoms with Crippen molar-refractivity contribution in [3.8, 4) is 0 Å². The zero-order valence-corrected chi connectivity index (χ0v) is 14.4. The molecular formula is C18H22N6O+2. The number of nitrogens with zero attached hydrogens (tertiary/aromatic N) is 2. The van der Waals surface area contributed by atoms with Crippen LogP contribution in [0.15, 0.2) is 41.0 Å². The van der Waals surface area contributed by atoms with Gasteiger partial charge >= 0.3 is 5.96 Å². The Hall–Kier alpha value is -2.93. The predicted molar refractivity (Wildman–Crippen MR) is 94.8 cm³/mol. The Labute approximate surface area is 145 Å². The fourth-order valence-corrected chi connectivity index (χ4v) is 2.99. The molecule has 4 rings (SSSR count). The van der Waals surface area contributed by atoms with Crippen LogP contribution in [0, 0.1) is 13.8 Å². The van der Waals surface area contributed by atoms with Crippen molar-refractivity contribution in [1.29, 1.82) is 0 Å². The second kappa shape index (κ2) is 6.52. The van der Waals surface area contributed by atoms with Crippen LogP contribution >= 0.6 is 0 Å². The van der Waals surface area contributed by atoms with Gasteiger partial charge in [-0.15, -0.1) is 0 Å². The van der Waals surface area contributed by atoms with Crippen molar-refractivity contribution in [2.24, 2.45) is 0 Å². The number of hydrogen-bond donors (Lipinski definition) is 4. The molecule has 1 unspecified atom stereocenters. The minimum absolute atomic E-state index is 0.597. The monoisotopic (exact) mass is 338 g/mol. The van der Waals surface area contributed by atoms with E-state index in [0.29, 0.717) is 5.95 Å². The molecule has 0 saturated carbocycles. The highest BCUT2D eigenvalue weighted by atomic mass is 16.3. The lowest BCUT2D eigenvalue weighted by Crippen LogP contribution is -3.23. The lowest BCUT2D eigenvalue weighted by molar-refractivity contribution is -0.992. The molecule has 3 heterocycles. The lowest BCUT2D eigenvalue weighted by atomic mass is 10.1. The van der Waals surface area contributed by atoms with Crippen LogP contribution in [0.5, 0.6) is 0 Å². The van der Waals surface area contributed by atoms with Crippen LogP contribution in [0.25, 0.3) is 10.9 Å². The van der Waals surface area contributed by atoms with Gasteiger partial charge in [0, 0.05) is 5.39 Å². The average Bonchev–Trinajstić information content (AvgIpc) is 3.09. The van der Waals surface area contributed by atoms with Crippen molar-refractivity contribution in [1.82, 2.24) is 15.3 Å². The fraction of sp³-hybridized carbons (Fsp3) is 0.278. The van der Waals surface area contributed by atoms with Crippen LogP contribution in [0.3, 0.4) is 0 Å². The Bertz CT molecular complexity index is 919. The number of guanidine groups is 1. The molecule has 1 atom stereocenters. The molecule has 1 aliphatic rings. The number of benzene rings is 1. The highest BCUT2D eigenvalue weighted by Crippen LogP contribution is 2.18. The summed E-state index contributed by atoms with van der Waals surface area (Å²) in [5.74, 6) is 2.41. The molecule has 0 aliphatic carbocycles. The van der Waals surface area contributed by atoms with Crippen LogP contribution in [0.4, 0.5) is 5.95 Å². The molecule has 7 heteroatoms. The average molecular weight is 338 g/mol. The van der Waals surface area contributed by atoms with Crippen LogP contribution in [0.1, 0.15) is 17.0 Å². The van der Waals surface area contributed by atoms with E-state index in [1.165, 1.54) is 10.5 Å². The molecule has 25 heavy (non-hydrogen) atoms. The van der Waals surface area contributed by atoms with Crippen LogP contribution in [-0.4, -0.2) is 29.3 Å². The Morgan fingerprint density at radius 1 is 1.28 bits per heavy atom. The van der Waals surface area contributed by atoms with Gasteiger partial charge in [0.15, 0.2) is 19.1 Å². The summed E-state index contributed by atoms with van der Waals surface area (Å²) in [6.07, 6.45) is 1.71. The third-order valence-corrected chi connectivity index (χ3v) is 4.31. The number of nitrogens with one attached hydrogen (secondary N) is 4. The summed E-state index contributed by atoms with van der Waals surface area (Å²) in [7, 11) is 0. The molecule has 128 valence electrons. The van der Waals surface area contributed by atoms with E-state index >= 15 is 0 Å². The first kappa shape index (κ1) is 15.6. The molecule has 0 amide bonds. The van der Waals surface area contributed by atoms with Gasteiger partial charge in [0.05, 0.1) is 17.5 Å². The largest absolute Gasteiger partial charge is 0.463 e. The molecule has 0 radical (unpaired) electrons. The minimum Gasteiger partial charge on any atom is -0.463 e. The third kappa shape index (κ3) is 3.46. The Balaban J connectivity index is 1.47. The second-order valence-electron chi connectivity index (χ2n) is 6.37. The maximum Gasteiger partial charge on any atom is 0.359 e. The minimum atomic E-state index is 0.597. The summed E-state index contributed by atoms with van der Waals surface area (Å²) < 4.78 is 5.40. The van der Waals surface area contributed by atoms with Crippen molar-refractivity contribution in [2.75, 3.05) is 18.7 Å².